The molecule has 1 rings (SSSR count). The molecule has 0 unspecified atom stereocenters. The molecule has 1 aliphatic carbocycles. The second-order valence-corrected chi connectivity index (χ2v) is 1.94. The smallest absolute Gasteiger partial charge is 0.0540 e. The van der Waals surface area contributed by atoms with Crippen molar-refractivity contribution in [2.45, 2.75) is 31.8 Å². The molecule has 0 aromatic heterocycles. The largest absolute Gasteiger partial charge is 0.393 e. The van der Waals surface area contributed by atoms with Gasteiger partial charge in [0.15, 0.2) is 0 Å². The third-order valence-corrected chi connectivity index (χ3v) is 1.32. The zero-order chi connectivity index (χ0) is 4.41. The van der Waals surface area contributed by atoms with Crippen LogP contribution in [0.25, 0.3) is 0 Å². The minimum absolute atomic E-state index is 0. The van der Waals surface area contributed by atoms with E-state index in [1.165, 1.54) is 12.8 Å². The zero-order valence-electron chi connectivity index (χ0n) is 4.43. The summed E-state index contributed by atoms with van der Waals surface area (Å²) in [4.78, 5) is 0. The molecule has 0 bridgehead atoms. The number of aliphatic hydroxyl groups is 1. The van der Waals surface area contributed by atoms with E-state index in [1.54, 1.807) is 0 Å². The zero-order valence-corrected chi connectivity index (χ0v) is 7.27. The fourth-order valence-corrected chi connectivity index (χ4v) is 0.904. The topological polar surface area (TPSA) is 20.2 Å². The molecule has 1 fully saturated rings. The van der Waals surface area contributed by atoms with Gasteiger partial charge in [-0.2, -0.15) is 0 Å². The molecule has 1 aliphatic rings. The summed E-state index contributed by atoms with van der Waals surface area (Å²) in [6.45, 7) is 0. The van der Waals surface area contributed by atoms with E-state index in [9.17, 15) is 0 Å². The summed E-state index contributed by atoms with van der Waals surface area (Å²) in [6, 6.07) is 0. The molecule has 2 heteroatoms. The van der Waals surface area contributed by atoms with E-state index in [0.717, 1.165) is 12.8 Å². The maximum Gasteiger partial charge on any atom is 0.0540 e. The average molecular weight is 175 g/mol. The van der Waals surface area contributed by atoms with Crippen LogP contribution in [0.15, 0.2) is 0 Å². The quantitative estimate of drug-likeness (QED) is 0.580. The molecular weight excluding hydrogens is 165 g/mol. The summed E-state index contributed by atoms with van der Waals surface area (Å²) in [5.41, 5.74) is 0. The van der Waals surface area contributed by atoms with Gasteiger partial charge in [0.1, 0.15) is 0 Å². The van der Waals surface area contributed by atoms with Crippen molar-refractivity contribution in [3.05, 3.63) is 0 Å². The van der Waals surface area contributed by atoms with Crippen LogP contribution in [-0.2, 0) is 32.7 Å². The van der Waals surface area contributed by atoms with Crippen LogP contribution in [0.1, 0.15) is 25.7 Å². The van der Waals surface area contributed by atoms with Gasteiger partial charge in [-0.25, -0.2) is 0 Å². The van der Waals surface area contributed by atoms with E-state index >= 15 is 0 Å². The first-order chi connectivity index (χ1) is 2.89. The van der Waals surface area contributed by atoms with Crippen molar-refractivity contribution in [3.63, 3.8) is 0 Å². The van der Waals surface area contributed by atoms with Crippen molar-refractivity contribution < 1.29 is 37.8 Å². The van der Waals surface area contributed by atoms with Crippen LogP contribution in [0.2, 0.25) is 0 Å². The van der Waals surface area contributed by atoms with Crippen LogP contribution in [0.4, 0.5) is 0 Å². The molecule has 7 heavy (non-hydrogen) atoms. The Morgan fingerprint density at radius 2 is 1.57 bits per heavy atom. The van der Waals surface area contributed by atoms with Crippen molar-refractivity contribution in [1.29, 1.82) is 0 Å². The number of hydrogen-bond acceptors (Lipinski definition) is 1. The molecular formula is C5H10OY. The molecule has 0 aromatic carbocycles. The van der Waals surface area contributed by atoms with E-state index in [1.807, 2.05) is 0 Å². The molecule has 0 aliphatic heterocycles. The summed E-state index contributed by atoms with van der Waals surface area (Å²) in [5.74, 6) is 0. The van der Waals surface area contributed by atoms with E-state index in [2.05, 4.69) is 0 Å². The molecule has 1 N–H and O–H groups in total. The predicted octanol–water partition coefficient (Wildman–Crippen LogP) is 0.919. The first-order valence-corrected chi connectivity index (χ1v) is 2.57. The van der Waals surface area contributed by atoms with Crippen LogP contribution in [0.5, 0.6) is 0 Å². The molecule has 1 radical (unpaired) electrons. The Kier molecular flexibility index (Phi) is 4.60. The molecule has 0 saturated heterocycles. The van der Waals surface area contributed by atoms with Crippen LogP contribution < -0.4 is 0 Å². The molecule has 0 heterocycles. The van der Waals surface area contributed by atoms with Gasteiger partial charge in [-0.1, -0.05) is 12.8 Å². The fourth-order valence-electron chi connectivity index (χ4n) is 0.904. The molecule has 1 saturated carbocycles. The Labute approximate surface area is 69.4 Å². The van der Waals surface area contributed by atoms with Gasteiger partial charge < -0.3 is 5.11 Å². The average Bonchev–Trinajstić information content (AvgIpc) is 1.86. The monoisotopic (exact) mass is 175 g/mol. The first kappa shape index (κ1) is 8.06. The summed E-state index contributed by atoms with van der Waals surface area (Å²) < 4.78 is 0. The van der Waals surface area contributed by atoms with E-state index < -0.39 is 0 Å². The van der Waals surface area contributed by atoms with Gasteiger partial charge in [0.2, 0.25) is 0 Å². The Morgan fingerprint density at radius 3 is 1.71 bits per heavy atom. The third-order valence-electron chi connectivity index (χ3n) is 1.32. The number of aliphatic hydroxyl groups excluding tert-OH is 1. The Bertz CT molecular complexity index is 41.3. The van der Waals surface area contributed by atoms with Crippen molar-refractivity contribution in [2.24, 2.45) is 0 Å². The van der Waals surface area contributed by atoms with E-state index in [-0.39, 0.29) is 38.8 Å². The van der Waals surface area contributed by atoms with E-state index in [0.29, 0.717) is 0 Å². The first-order valence-electron chi connectivity index (χ1n) is 2.57. The standard InChI is InChI=1S/C5H10O.Y/c6-5-3-1-2-4-5;/h5-6H,1-4H2;. The Balaban J connectivity index is 0.000000360. The van der Waals surface area contributed by atoms with Crippen molar-refractivity contribution in [1.82, 2.24) is 0 Å². The maximum atomic E-state index is 8.73. The van der Waals surface area contributed by atoms with Gasteiger partial charge in [-0.3, -0.25) is 0 Å². The van der Waals surface area contributed by atoms with E-state index in [4.69, 9.17) is 5.11 Å². The Hall–Kier alpha value is 1.06. The van der Waals surface area contributed by atoms with Gasteiger partial charge >= 0.3 is 0 Å². The molecule has 0 aromatic rings. The summed E-state index contributed by atoms with van der Waals surface area (Å²) in [5, 5.41) is 8.73. The fraction of sp³-hybridized carbons (Fsp3) is 1.00. The Morgan fingerprint density at radius 1 is 1.14 bits per heavy atom. The number of rotatable bonds is 0. The minimum atomic E-state index is 0. The van der Waals surface area contributed by atoms with Crippen LogP contribution >= 0.6 is 0 Å². The van der Waals surface area contributed by atoms with Gasteiger partial charge in [-0.05, 0) is 12.8 Å². The predicted molar refractivity (Wildman–Crippen MR) is 24.5 cm³/mol. The molecule has 39 valence electrons. The minimum Gasteiger partial charge on any atom is -0.393 e. The van der Waals surface area contributed by atoms with Gasteiger partial charge in [0.25, 0.3) is 0 Å². The van der Waals surface area contributed by atoms with Gasteiger partial charge in [0, 0.05) is 32.7 Å². The number of hydrogen-bond donors (Lipinski definition) is 1. The third kappa shape index (κ3) is 2.79. The molecule has 1 nitrogen and oxygen atoms in total. The van der Waals surface area contributed by atoms with Crippen molar-refractivity contribution >= 4 is 0 Å². The van der Waals surface area contributed by atoms with Crippen molar-refractivity contribution in [3.8, 4) is 0 Å². The summed E-state index contributed by atoms with van der Waals surface area (Å²) >= 11 is 0. The second kappa shape index (κ2) is 3.99. The molecule has 0 amide bonds. The summed E-state index contributed by atoms with van der Waals surface area (Å²) in [6.07, 6.45) is 4.60. The normalized spacial score (nSPS) is 21.9. The van der Waals surface area contributed by atoms with Crippen LogP contribution in [-0.4, -0.2) is 11.2 Å². The van der Waals surface area contributed by atoms with Crippen LogP contribution in [0.3, 0.4) is 0 Å². The maximum absolute atomic E-state index is 8.73. The molecule has 0 atom stereocenters. The molecule has 0 spiro atoms. The SMILES string of the molecule is OC1CCCC1.[Y]. The van der Waals surface area contributed by atoms with Crippen molar-refractivity contribution in [2.75, 3.05) is 0 Å². The van der Waals surface area contributed by atoms with Crippen LogP contribution in [0, 0.1) is 0 Å². The van der Waals surface area contributed by atoms with Gasteiger partial charge in [0.05, 0.1) is 6.10 Å². The second-order valence-electron chi connectivity index (χ2n) is 1.94. The van der Waals surface area contributed by atoms with Gasteiger partial charge in [-0.15, -0.1) is 0 Å². The summed E-state index contributed by atoms with van der Waals surface area (Å²) in [7, 11) is 0.